The van der Waals surface area contributed by atoms with E-state index in [-0.39, 0.29) is 6.04 Å². The molecule has 19 heavy (non-hydrogen) atoms. The van der Waals surface area contributed by atoms with Gasteiger partial charge in [-0.15, -0.1) is 0 Å². The molecular formula is C15H13FN2O. The zero-order valence-electron chi connectivity index (χ0n) is 10.4. The minimum absolute atomic E-state index is 0.0818. The third kappa shape index (κ3) is 2.42. The molecule has 1 N–H and O–H groups in total. The van der Waals surface area contributed by atoms with Crippen molar-refractivity contribution in [2.45, 2.75) is 13.0 Å². The Morgan fingerprint density at radius 2 is 2.00 bits per heavy atom. The molecule has 0 aliphatic heterocycles. The molecule has 96 valence electrons. The van der Waals surface area contributed by atoms with Gasteiger partial charge in [0.15, 0.2) is 0 Å². The van der Waals surface area contributed by atoms with Crippen molar-refractivity contribution in [1.29, 1.82) is 0 Å². The van der Waals surface area contributed by atoms with Crippen molar-refractivity contribution in [2.24, 2.45) is 0 Å². The Kier molecular flexibility index (Phi) is 2.91. The topological polar surface area (TPSA) is 38.1 Å². The Labute approximate surface area is 110 Å². The van der Waals surface area contributed by atoms with Crippen molar-refractivity contribution in [2.75, 3.05) is 5.32 Å². The van der Waals surface area contributed by atoms with Crippen LogP contribution < -0.4 is 5.32 Å². The SMILES string of the molecule is CC(Nc1cccc(F)n1)c1cc2ccccc2o1. The van der Waals surface area contributed by atoms with Gasteiger partial charge in [-0.05, 0) is 31.2 Å². The van der Waals surface area contributed by atoms with Crippen LogP contribution in [0.15, 0.2) is 52.9 Å². The number of hydrogen-bond acceptors (Lipinski definition) is 3. The van der Waals surface area contributed by atoms with Crippen LogP contribution in [0, 0.1) is 5.95 Å². The summed E-state index contributed by atoms with van der Waals surface area (Å²) in [6.07, 6.45) is 0. The molecule has 0 aliphatic carbocycles. The molecule has 0 saturated carbocycles. The van der Waals surface area contributed by atoms with E-state index in [0.717, 1.165) is 16.7 Å². The van der Waals surface area contributed by atoms with Crippen molar-refractivity contribution in [3.63, 3.8) is 0 Å². The van der Waals surface area contributed by atoms with E-state index in [1.54, 1.807) is 12.1 Å². The van der Waals surface area contributed by atoms with E-state index in [1.165, 1.54) is 6.07 Å². The van der Waals surface area contributed by atoms with Crippen LogP contribution in [0.2, 0.25) is 0 Å². The van der Waals surface area contributed by atoms with Gasteiger partial charge in [0.25, 0.3) is 0 Å². The molecule has 3 nitrogen and oxygen atoms in total. The van der Waals surface area contributed by atoms with Crippen LogP contribution in [0.3, 0.4) is 0 Å². The summed E-state index contributed by atoms with van der Waals surface area (Å²) < 4.78 is 18.8. The summed E-state index contributed by atoms with van der Waals surface area (Å²) in [6.45, 7) is 1.95. The van der Waals surface area contributed by atoms with Gasteiger partial charge in [-0.1, -0.05) is 24.3 Å². The van der Waals surface area contributed by atoms with Gasteiger partial charge < -0.3 is 9.73 Å². The average molecular weight is 256 g/mol. The smallest absolute Gasteiger partial charge is 0.214 e. The van der Waals surface area contributed by atoms with Gasteiger partial charge in [0.1, 0.15) is 17.2 Å². The third-order valence-electron chi connectivity index (χ3n) is 2.95. The molecule has 3 rings (SSSR count). The highest BCUT2D eigenvalue weighted by atomic mass is 19.1. The van der Waals surface area contributed by atoms with Gasteiger partial charge in [-0.25, -0.2) is 4.98 Å². The molecule has 1 unspecified atom stereocenters. The first-order valence-electron chi connectivity index (χ1n) is 6.10. The number of anilines is 1. The molecule has 2 aromatic heterocycles. The molecule has 2 heterocycles. The second-order valence-electron chi connectivity index (χ2n) is 4.40. The molecule has 0 amide bonds. The van der Waals surface area contributed by atoms with E-state index in [2.05, 4.69) is 10.3 Å². The van der Waals surface area contributed by atoms with Crippen LogP contribution in [0.1, 0.15) is 18.7 Å². The fourth-order valence-electron chi connectivity index (χ4n) is 2.00. The molecule has 0 bridgehead atoms. The fraction of sp³-hybridized carbons (Fsp3) is 0.133. The van der Waals surface area contributed by atoms with Crippen molar-refractivity contribution in [3.05, 3.63) is 60.2 Å². The van der Waals surface area contributed by atoms with Gasteiger partial charge in [-0.2, -0.15) is 4.39 Å². The van der Waals surface area contributed by atoms with E-state index in [9.17, 15) is 4.39 Å². The summed E-state index contributed by atoms with van der Waals surface area (Å²) in [6, 6.07) is 14.4. The number of furan rings is 1. The third-order valence-corrected chi connectivity index (χ3v) is 2.95. The number of nitrogens with one attached hydrogen (secondary N) is 1. The van der Waals surface area contributed by atoms with Crippen LogP contribution >= 0.6 is 0 Å². The summed E-state index contributed by atoms with van der Waals surface area (Å²) in [5, 5.41) is 4.17. The normalized spacial score (nSPS) is 12.5. The lowest BCUT2D eigenvalue weighted by Gasteiger charge is -2.11. The van der Waals surface area contributed by atoms with Gasteiger partial charge in [0, 0.05) is 5.39 Å². The van der Waals surface area contributed by atoms with Crippen molar-refractivity contribution >= 4 is 16.8 Å². The summed E-state index contributed by atoms with van der Waals surface area (Å²) in [7, 11) is 0. The van der Waals surface area contributed by atoms with E-state index in [0.29, 0.717) is 5.82 Å². The predicted molar refractivity (Wildman–Crippen MR) is 72.4 cm³/mol. The molecule has 0 spiro atoms. The van der Waals surface area contributed by atoms with Crippen LogP contribution in [-0.4, -0.2) is 4.98 Å². The van der Waals surface area contributed by atoms with E-state index in [4.69, 9.17) is 4.42 Å². The minimum atomic E-state index is -0.498. The number of nitrogens with zero attached hydrogens (tertiary/aromatic N) is 1. The summed E-state index contributed by atoms with van der Waals surface area (Å²) >= 11 is 0. The molecule has 0 fully saturated rings. The van der Waals surface area contributed by atoms with Crippen molar-refractivity contribution in [3.8, 4) is 0 Å². The van der Waals surface area contributed by atoms with Crippen LogP contribution in [0.4, 0.5) is 10.2 Å². The Morgan fingerprint density at radius 1 is 1.16 bits per heavy atom. The molecule has 1 aromatic carbocycles. The highest BCUT2D eigenvalue weighted by Crippen LogP contribution is 2.25. The molecule has 4 heteroatoms. The van der Waals surface area contributed by atoms with Crippen LogP contribution in [0.5, 0.6) is 0 Å². The van der Waals surface area contributed by atoms with E-state index in [1.807, 2.05) is 37.3 Å². The Bertz CT molecular complexity index is 675. The van der Waals surface area contributed by atoms with E-state index < -0.39 is 5.95 Å². The number of rotatable bonds is 3. The number of halogens is 1. The first-order chi connectivity index (χ1) is 9.22. The second kappa shape index (κ2) is 4.72. The van der Waals surface area contributed by atoms with Gasteiger partial charge >= 0.3 is 0 Å². The maximum Gasteiger partial charge on any atom is 0.214 e. The number of fused-ring (bicyclic) bond motifs is 1. The minimum Gasteiger partial charge on any atom is -0.459 e. The maximum absolute atomic E-state index is 13.0. The van der Waals surface area contributed by atoms with Gasteiger partial charge in [-0.3, -0.25) is 0 Å². The largest absolute Gasteiger partial charge is 0.459 e. The number of pyridine rings is 1. The molecule has 0 aliphatic rings. The second-order valence-corrected chi connectivity index (χ2v) is 4.40. The maximum atomic E-state index is 13.0. The van der Waals surface area contributed by atoms with Crippen molar-refractivity contribution < 1.29 is 8.81 Å². The highest BCUT2D eigenvalue weighted by molar-refractivity contribution is 5.77. The van der Waals surface area contributed by atoms with Crippen LogP contribution in [0.25, 0.3) is 11.0 Å². The lowest BCUT2D eigenvalue weighted by molar-refractivity contribution is 0.524. The standard InChI is InChI=1S/C15H13FN2O/c1-10(17-15-8-4-7-14(16)18-15)13-9-11-5-2-3-6-12(11)19-13/h2-10H,1H3,(H,17,18). The molecule has 3 aromatic rings. The molecular weight excluding hydrogens is 243 g/mol. The summed E-state index contributed by atoms with van der Waals surface area (Å²) in [5.41, 5.74) is 0.846. The number of aromatic nitrogens is 1. The first-order valence-corrected chi connectivity index (χ1v) is 6.10. The van der Waals surface area contributed by atoms with Crippen molar-refractivity contribution in [1.82, 2.24) is 4.98 Å². The Balaban J connectivity index is 1.85. The number of benzene rings is 1. The Hall–Kier alpha value is -2.36. The van der Waals surface area contributed by atoms with E-state index >= 15 is 0 Å². The number of hydrogen-bond donors (Lipinski definition) is 1. The monoisotopic (exact) mass is 256 g/mol. The lowest BCUT2D eigenvalue weighted by Crippen LogP contribution is -2.07. The molecule has 1 atom stereocenters. The summed E-state index contributed by atoms with van der Waals surface area (Å²) in [4.78, 5) is 3.77. The quantitative estimate of drug-likeness (QED) is 0.716. The zero-order valence-corrected chi connectivity index (χ0v) is 10.4. The van der Waals surface area contributed by atoms with Crippen LogP contribution in [-0.2, 0) is 0 Å². The number of para-hydroxylation sites is 1. The predicted octanol–water partition coefficient (Wildman–Crippen LogP) is 4.14. The zero-order chi connectivity index (χ0) is 13.2. The van der Waals surface area contributed by atoms with Gasteiger partial charge in [0.2, 0.25) is 5.95 Å². The Morgan fingerprint density at radius 3 is 2.79 bits per heavy atom. The molecule has 0 radical (unpaired) electrons. The molecule has 0 saturated heterocycles. The fourth-order valence-corrected chi connectivity index (χ4v) is 2.00. The average Bonchev–Trinajstić information content (AvgIpc) is 2.82. The highest BCUT2D eigenvalue weighted by Gasteiger charge is 2.11. The lowest BCUT2D eigenvalue weighted by atomic mass is 10.2. The van der Waals surface area contributed by atoms with Gasteiger partial charge in [0.05, 0.1) is 6.04 Å². The first kappa shape index (κ1) is 11.7. The summed E-state index contributed by atoms with van der Waals surface area (Å²) in [5.74, 6) is 0.794.